The van der Waals surface area contributed by atoms with Crippen molar-refractivity contribution in [3.63, 3.8) is 0 Å². The second-order valence-electron chi connectivity index (χ2n) is 5.52. The van der Waals surface area contributed by atoms with Crippen LogP contribution in [0, 0.1) is 10.1 Å². The molecule has 9 heteroatoms. The van der Waals surface area contributed by atoms with Crippen LogP contribution in [0.2, 0.25) is 5.02 Å². The Kier molecular flexibility index (Phi) is 3.74. The predicted octanol–water partition coefficient (Wildman–Crippen LogP) is 4.36. The molecular weight excluding hydrogens is 426 g/mol. The van der Waals surface area contributed by atoms with Gasteiger partial charge in [-0.05, 0) is 34.1 Å². The van der Waals surface area contributed by atoms with Gasteiger partial charge < -0.3 is 0 Å². The van der Waals surface area contributed by atoms with E-state index in [-0.39, 0.29) is 27.1 Å². The molecule has 0 unspecified atom stereocenters. The van der Waals surface area contributed by atoms with Gasteiger partial charge in [-0.15, -0.1) is 0 Å². The Labute approximate surface area is 159 Å². The van der Waals surface area contributed by atoms with Gasteiger partial charge in [-0.25, -0.2) is 9.88 Å². The fourth-order valence-corrected chi connectivity index (χ4v) is 3.66. The molecule has 1 aliphatic rings. The van der Waals surface area contributed by atoms with E-state index in [9.17, 15) is 19.7 Å². The molecule has 1 aromatic heterocycles. The number of carbonyl (C=O) groups is 2. The Bertz CT molecular complexity index is 1130. The SMILES string of the molecule is O=C1c2cccc3c(Br)c([N+](=O)[O-])cc(c23)C(=O)N1c1ccc(Cl)cn1. The third-order valence-electron chi connectivity index (χ3n) is 4.08. The van der Waals surface area contributed by atoms with Crippen LogP contribution < -0.4 is 4.90 Å². The number of nitro benzene ring substituents is 1. The van der Waals surface area contributed by atoms with Crippen molar-refractivity contribution in [3.05, 3.63) is 73.3 Å². The highest BCUT2D eigenvalue weighted by Crippen LogP contribution is 2.40. The van der Waals surface area contributed by atoms with E-state index in [2.05, 4.69) is 20.9 Å². The van der Waals surface area contributed by atoms with E-state index < -0.39 is 16.7 Å². The maximum atomic E-state index is 13.0. The number of anilines is 1. The van der Waals surface area contributed by atoms with Gasteiger partial charge in [0.25, 0.3) is 17.5 Å². The molecule has 0 bridgehead atoms. The predicted molar refractivity (Wildman–Crippen MR) is 98.7 cm³/mol. The Morgan fingerprint density at radius 3 is 2.50 bits per heavy atom. The minimum absolute atomic E-state index is 0.0712. The number of amides is 2. The number of carbonyl (C=O) groups excluding carboxylic acids is 2. The fourth-order valence-electron chi connectivity index (χ4n) is 2.96. The maximum absolute atomic E-state index is 13.0. The summed E-state index contributed by atoms with van der Waals surface area (Å²) in [6.07, 6.45) is 1.32. The van der Waals surface area contributed by atoms with E-state index in [1.54, 1.807) is 18.2 Å². The number of imide groups is 1. The topological polar surface area (TPSA) is 93.4 Å². The summed E-state index contributed by atoms with van der Waals surface area (Å²) in [6.45, 7) is 0. The first-order chi connectivity index (χ1) is 12.4. The van der Waals surface area contributed by atoms with Gasteiger partial charge in [0, 0.05) is 28.6 Å². The minimum Gasteiger partial charge on any atom is -0.268 e. The summed E-state index contributed by atoms with van der Waals surface area (Å²) in [5.41, 5.74) is 0.0858. The van der Waals surface area contributed by atoms with Crippen LogP contribution in [0.4, 0.5) is 11.5 Å². The third kappa shape index (κ3) is 2.30. The van der Waals surface area contributed by atoms with Crippen molar-refractivity contribution in [1.29, 1.82) is 0 Å². The number of pyridine rings is 1. The van der Waals surface area contributed by atoms with Crippen LogP contribution in [0.15, 0.2) is 47.1 Å². The second-order valence-corrected chi connectivity index (χ2v) is 6.75. The standard InChI is InChI=1S/C17H7BrClN3O4/c18-15-9-2-1-3-10-14(9)11(6-12(15)22(25)26)17(24)21(16(10)23)13-5-4-8(19)7-20-13/h1-7H. The van der Waals surface area contributed by atoms with Crippen molar-refractivity contribution >= 4 is 61.6 Å². The Morgan fingerprint density at radius 2 is 1.85 bits per heavy atom. The molecular formula is C17H7BrClN3O4. The van der Waals surface area contributed by atoms with Crippen molar-refractivity contribution < 1.29 is 14.5 Å². The highest BCUT2D eigenvalue weighted by molar-refractivity contribution is 9.10. The van der Waals surface area contributed by atoms with Crippen LogP contribution in [0.3, 0.4) is 0 Å². The van der Waals surface area contributed by atoms with Gasteiger partial charge in [0.2, 0.25) is 0 Å². The molecule has 0 fully saturated rings. The zero-order chi connectivity index (χ0) is 18.6. The summed E-state index contributed by atoms with van der Waals surface area (Å²) in [5, 5.41) is 12.5. The lowest BCUT2D eigenvalue weighted by Crippen LogP contribution is -2.41. The highest BCUT2D eigenvalue weighted by Gasteiger charge is 2.37. The molecule has 26 heavy (non-hydrogen) atoms. The molecule has 0 radical (unpaired) electrons. The van der Waals surface area contributed by atoms with Gasteiger partial charge in [-0.1, -0.05) is 23.7 Å². The summed E-state index contributed by atoms with van der Waals surface area (Å²) in [4.78, 5) is 41.6. The molecule has 0 saturated carbocycles. The summed E-state index contributed by atoms with van der Waals surface area (Å²) in [7, 11) is 0. The number of rotatable bonds is 2. The Morgan fingerprint density at radius 1 is 1.12 bits per heavy atom. The van der Waals surface area contributed by atoms with Crippen LogP contribution in [0.5, 0.6) is 0 Å². The van der Waals surface area contributed by atoms with E-state index in [1.807, 2.05) is 0 Å². The average molecular weight is 433 g/mol. The first-order valence-corrected chi connectivity index (χ1v) is 8.47. The van der Waals surface area contributed by atoms with E-state index in [0.717, 1.165) is 4.90 Å². The molecule has 3 aromatic rings. The van der Waals surface area contributed by atoms with Gasteiger partial charge in [-0.3, -0.25) is 19.7 Å². The number of halogens is 2. The lowest BCUT2D eigenvalue weighted by molar-refractivity contribution is -0.385. The lowest BCUT2D eigenvalue weighted by atomic mass is 9.93. The molecule has 0 N–H and O–H groups in total. The molecule has 1 aliphatic heterocycles. The molecule has 0 saturated heterocycles. The van der Waals surface area contributed by atoms with Crippen molar-refractivity contribution in [2.45, 2.75) is 0 Å². The van der Waals surface area contributed by atoms with Gasteiger partial charge in [-0.2, -0.15) is 0 Å². The monoisotopic (exact) mass is 431 g/mol. The molecule has 0 spiro atoms. The first kappa shape index (κ1) is 16.6. The van der Waals surface area contributed by atoms with Gasteiger partial charge in [0.15, 0.2) is 0 Å². The molecule has 2 heterocycles. The normalized spacial score (nSPS) is 13.4. The third-order valence-corrected chi connectivity index (χ3v) is 5.14. The van der Waals surface area contributed by atoms with Crippen LogP contribution in [0.1, 0.15) is 20.7 Å². The zero-order valence-corrected chi connectivity index (χ0v) is 15.1. The first-order valence-electron chi connectivity index (χ1n) is 7.30. The summed E-state index contributed by atoms with van der Waals surface area (Å²) in [5.74, 6) is -1.13. The number of nitrogens with zero attached hydrogens (tertiary/aromatic N) is 3. The largest absolute Gasteiger partial charge is 0.284 e. The van der Waals surface area contributed by atoms with Crippen LogP contribution in [0.25, 0.3) is 10.8 Å². The highest BCUT2D eigenvalue weighted by atomic mass is 79.9. The minimum atomic E-state index is -0.677. The fraction of sp³-hybridized carbons (Fsp3) is 0. The number of nitro groups is 1. The van der Waals surface area contributed by atoms with Gasteiger partial charge in [0.1, 0.15) is 10.3 Å². The van der Waals surface area contributed by atoms with E-state index in [0.29, 0.717) is 15.8 Å². The van der Waals surface area contributed by atoms with E-state index in [1.165, 1.54) is 24.4 Å². The smallest absolute Gasteiger partial charge is 0.268 e. The van der Waals surface area contributed by atoms with Crippen molar-refractivity contribution in [2.24, 2.45) is 0 Å². The molecule has 0 aliphatic carbocycles. The van der Waals surface area contributed by atoms with Crippen molar-refractivity contribution in [2.75, 3.05) is 4.90 Å². The van der Waals surface area contributed by atoms with E-state index in [4.69, 9.17) is 11.6 Å². The molecule has 0 atom stereocenters. The van der Waals surface area contributed by atoms with Crippen LogP contribution >= 0.6 is 27.5 Å². The van der Waals surface area contributed by atoms with Crippen molar-refractivity contribution in [1.82, 2.24) is 4.98 Å². The van der Waals surface area contributed by atoms with Gasteiger partial charge in [0.05, 0.1) is 15.5 Å². The number of benzene rings is 2. The average Bonchev–Trinajstić information content (AvgIpc) is 2.62. The summed E-state index contributed by atoms with van der Waals surface area (Å²) >= 11 is 9.02. The summed E-state index contributed by atoms with van der Waals surface area (Å²) in [6, 6.07) is 8.92. The van der Waals surface area contributed by atoms with Crippen molar-refractivity contribution in [3.8, 4) is 0 Å². The Balaban J connectivity index is 2.03. The second kappa shape index (κ2) is 5.86. The molecule has 128 valence electrons. The molecule has 2 aromatic carbocycles. The zero-order valence-electron chi connectivity index (χ0n) is 12.8. The van der Waals surface area contributed by atoms with Crippen LogP contribution in [-0.2, 0) is 0 Å². The summed E-state index contributed by atoms with van der Waals surface area (Å²) < 4.78 is 0.224. The quantitative estimate of drug-likeness (QED) is 0.341. The van der Waals surface area contributed by atoms with Gasteiger partial charge >= 0.3 is 0 Å². The number of hydrogen-bond acceptors (Lipinski definition) is 5. The molecule has 2 amide bonds. The Hall–Kier alpha value is -2.84. The molecule has 4 rings (SSSR count). The maximum Gasteiger partial charge on any atom is 0.284 e. The number of hydrogen-bond donors (Lipinski definition) is 0. The molecule has 7 nitrogen and oxygen atoms in total. The number of aromatic nitrogens is 1. The van der Waals surface area contributed by atoms with E-state index >= 15 is 0 Å². The lowest BCUT2D eigenvalue weighted by Gasteiger charge is -2.26. The van der Waals surface area contributed by atoms with Crippen LogP contribution in [-0.4, -0.2) is 21.7 Å².